The molecule has 2 rings (SSSR count). The van der Waals surface area contributed by atoms with Crippen molar-refractivity contribution in [2.75, 3.05) is 18.9 Å². The van der Waals surface area contributed by atoms with Crippen LogP contribution in [0, 0.1) is 0 Å². The minimum Gasteiger partial charge on any atom is -0.356 e. The molecule has 0 fully saturated rings. The largest absolute Gasteiger partial charge is 0.356 e. The summed E-state index contributed by atoms with van der Waals surface area (Å²) in [5, 5.41) is 14.1. The van der Waals surface area contributed by atoms with E-state index in [4.69, 9.17) is 11.6 Å². The molecule has 2 aromatic rings. The molecule has 0 aliphatic heterocycles. The van der Waals surface area contributed by atoms with Crippen molar-refractivity contribution >= 4 is 64.5 Å². The maximum absolute atomic E-state index is 11.9. The Labute approximate surface area is 174 Å². The molecule has 0 unspecified atom stereocenters. The van der Waals surface area contributed by atoms with Crippen LogP contribution in [-0.4, -0.2) is 25.5 Å². The third-order valence-corrected chi connectivity index (χ3v) is 4.25. The highest BCUT2D eigenvalue weighted by molar-refractivity contribution is 14.0. The predicted molar refractivity (Wildman–Crippen MR) is 117 cm³/mol. The van der Waals surface area contributed by atoms with E-state index >= 15 is 0 Å². The molecule has 3 N–H and O–H groups in total. The van der Waals surface area contributed by atoms with Crippen LogP contribution in [0.25, 0.3) is 0 Å². The second-order valence-electron chi connectivity index (χ2n) is 5.14. The third-order valence-electron chi connectivity index (χ3n) is 3.26. The number of aliphatic imine (C=N–C) groups is 1. The fourth-order valence-corrected chi connectivity index (χ4v) is 2.81. The van der Waals surface area contributed by atoms with Gasteiger partial charge in [0.05, 0.1) is 0 Å². The number of rotatable bonds is 7. The number of hydrogen-bond acceptors (Lipinski definition) is 3. The number of nitrogens with one attached hydrogen (secondary N) is 3. The number of nitrogens with zero attached hydrogens (tertiary/aromatic N) is 1. The number of carbonyl (C=O) groups is 1. The van der Waals surface area contributed by atoms with Gasteiger partial charge in [-0.15, -0.1) is 24.0 Å². The van der Waals surface area contributed by atoms with Crippen molar-refractivity contribution in [1.29, 1.82) is 0 Å². The monoisotopic (exact) mass is 492 g/mol. The second-order valence-corrected chi connectivity index (χ2v) is 6.36. The summed E-state index contributed by atoms with van der Waals surface area (Å²) >= 11 is 7.49. The van der Waals surface area contributed by atoms with Crippen molar-refractivity contribution in [3.05, 3.63) is 51.7 Å². The van der Waals surface area contributed by atoms with E-state index in [9.17, 15) is 4.79 Å². The molecule has 25 heavy (non-hydrogen) atoms. The van der Waals surface area contributed by atoms with Gasteiger partial charge in [-0.25, -0.2) is 0 Å². The first-order chi connectivity index (χ1) is 11.7. The highest BCUT2D eigenvalue weighted by Gasteiger charge is 2.03. The Morgan fingerprint density at radius 1 is 1.20 bits per heavy atom. The fourth-order valence-electron chi connectivity index (χ4n) is 2.01. The molecular formula is C17H22ClIN4OS. The number of halogens is 2. The number of amides is 1. The van der Waals surface area contributed by atoms with Crippen LogP contribution < -0.4 is 16.0 Å². The molecule has 0 bridgehead atoms. The van der Waals surface area contributed by atoms with Gasteiger partial charge in [-0.05, 0) is 53.1 Å². The lowest BCUT2D eigenvalue weighted by molar-refractivity contribution is -0.116. The van der Waals surface area contributed by atoms with E-state index in [0.29, 0.717) is 18.0 Å². The Kier molecular flexibility index (Phi) is 10.5. The zero-order valence-corrected chi connectivity index (χ0v) is 17.8. The highest BCUT2D eigenvalue weighted by atomic mass is 127. The summed E-state index contributed by atoms with van der Waals surface area (Å²) in [6.45, 7) is 1.41. The van der Waals surface area contributed by atoms with Crippen LogP contribution in [0.5, 0.6) is 0 Å². The van der Waals surface area contributed by atoms with Crippen LogP contribution in [0.15, 0.2) is 46.1 Å². The van der Waals surface area contributed by atoms with Gasteiger partial charge in [-0.1, -0.05) is 11.6 Å². The van der Waals surface area contributed by atoms with E-state index in [1.807, 2.05) is 5.38 Å². The molecule has 5 nitrogen and oxygen atoms in total. The lowest BCUT2D eigenvalue weighted by Gasteiger charge is -2.11. The molecule has 1 heterocycles. The summed E-state index contributed by atoms with van der Waals surface area (Å²) in [4.78, 5) is 16.0. The number of thiophene rings is 1. The lowest BCUT2D eigenvalue weighted by Crippen LogP contribution is -2.37. The Balaban J connectivity index is 0.00000312. The van der Waals surface area contributed by atoms with E-state index in [1.165, 1.54) is 5.56 Å². The fraction of sp³-hybridized carbons (Fsp3) is 0.294. The number of anilines is 1. The molecule has 136 valence electrons. The molecule has 1 amide bonds. The summed E-state index contributed by atoms with van der Waals surface area (Å²) in [5.74, 6) is 0.722. The molecule has 0 aliphatic rings. The van der Waals surface area contributed by atoms with Crippen molar-refractivity contribution in [3.8, 4) is 0 Å². The zero-order valence-electron chi connectivity index (χ0n) is 13.9. The Bertz CT molecular complexity index is 662. The maximum atomic E-state index is 11.9. The second kappa shape index (κ2) is 12.1. The molecule has 1 aromatic heterocycles. The smallest absolute Gasteiger partial charge is 0.224 e. The number of hydrogen-bond donors (Lipinski definition) is 3. The Hall–Kier alpha value is -1.32. The first-order valence-corrected chi connectivity index (χ1v) is 9.00. The molecule has 8 heteroatoms. The quantitative estimate of drug-likeness (QED) is 0.236. The first-order valence-electron chi connectivity index (χ1n) is 7.68. The van der Waals surface area contributed by atoms with Crippen molar-refractivity contribution in [2.24, 2.45) is 4.99 Å². The van der Waals surface area contributed by atoms with Gasteiger partial charge in [0.2, 0.25) is 5.91 Å². The average Bonchev–Trinajstić information content (AvgIpc) is 3.10. The highest BCUT2D eigenvalue weighted by Crippen LogP contribution is 2.13. The summed E-state index contributed by atoms with van der Waals surface area (Å²) in [5.41, 5.74) is 1.98. The van der Waals surface area contributed by atoms with Gasteiger partial charge in [0.25, 0.3) is 0 Å². The maximum Gasteiger partial charge on any atom is 0.224 e. The van der Waals surface area contributed by atoms with Gasteiger partial charge in [-0.2, -0.15) is 11.3 Å². The standard InChI is InChI=1S/C17H21ClN4OS.HI/c1-19-17(21-11-13-8-10-24-12-13)20-9-2-3-16(23)22-15-6-4-14(18)5-7-15;/h4-8,10,12H,2-3,9,11H2,1H3,(H,22,23)(H2,19,20,21);1H. The Morgan fingerprint density at radius 3 is 2.60 bits per heavy atom. The first kappa shape index (κ1) is 21.7. The van der Waals surface area contributed by atoms with E-state index in [0.717, 1.165) is 24.6 Å². The molecule has 0 spiro atoms. The predicted octanol–water partition coefficient (Wildman–Crippen LogP) is 4.10. The van der Waals surface area contributed by atoms with Crippen molar-refractivity contribution in [1.82, 2.24) is 10.6 Å². The summed E-state index contributed by atoms with van der Waals surface area (Å²) in [6.07, 6.45) is 1.16. The topological polar surface area (TPSA) is 65.5 Å². The number of benzene rings is 1. The molecule has 0 aliphatic carbocycles. The van der Waals surface area contributed by atoms with E-state index in [1.54, 1.807) is 42.6 Å². The van der Waals surface area contributed by atoms with Crippen molar-refractivity contribution < 1.29 is 4.79 Å². The SMILES string of the molecule is CN=C(NCCCC(=O)Nc1ccc(Cl)cc1)NCc1ccsc1.I. The van der Waals surface area contributed by atoms with E-state index in [-0.39, 0.29) is 29.9 Å². The van der Waals surface area contributed by atoms with Crippen LogP contribution in [0.4, 0.5) is 5.69 Å². The summed E-state index contributed by atoms with van der Waals surface area (Å²) in [6, 6.07) is 9.15. The molecular weight excluding hydrogens is 471 g/mol. The van der Waals surface area contributed by atoms with Crippen LogP contribution in [-0.2, 0) is 11.3 Å². The van der Waals surface area contributed by atoms with Gasteiger partial charge in [0.1, 0.15) is 0 Å². The lowest BCUT2D eigenvalue weighted by atomic mass is 10.2. The van der Waals surface area contributed by atoms with Gasteiger partial charge < -0.3 is 16.0 Å². The summed E-state index contributed by atoms with van der Waals surface area (Å²) < 4.78 is 0. The molecule has 0 saturated heterocycles. The molecule has 1 aromatic carbocycles. The van der Waals surface area contributed by atoms with E-state index < -0.39 is 0 Å². The normalized spacial score (nSPS) is 10.7. The van der Waals surface area contributed by atoms with Gasteiger partial charge in [0.15, 0.2) is 5.96 Å². The minimum absolute atomic E-state index is 0. The van der Waals surface area contributed by atoms with Gasteiger partial charge in [-0.3, -0.25) is 9.79 Å². The molecule has 0 atom stereocenters. The van der Waals surface area contributed by atoms with Gasteiger partial charge in [0, 0.05) is 37.3 Å². The molecule has 0 radical (unpaired) electrons. The van der Waals surface area contributed by atoms with Crippen molar-refractivity contribution in [3.63, 3.8) is 0 Å². The Morgan fingerprint density at radius 2 is 1.96 bits per heavy atom. The molecule has 0 saturated carbocycles. The van der Waals surface area contributed by atoms with Gasteiger partial charge >= 0.3 is 0 Å². The average molecular weight is 493 g/mol. The third kappa shape index (κ3) is 8.55. The van der Waals surface area contributed by atoms with E-state index in [2.05, 4.69) is 32.4 Å². The summed E-state index contributed by atoms with van der Waals surface area (Å²) in [7, 11) is 1.73. The number of carbonyl (C=O) groups excluding carboxylic acids is 1. The van der Waals surface area contributed by atoms with Crippen LogP contribution in [0.1, 0.15) is 18.4 Å². The van der Waals surface area contributed by atoms with Crippen molar-refractivity contribution in [2.45, 2.75) is 19.4 Å². The minimum atomic E-state index is -0.0136. The zero-order chi connectivity index (χ0) is 17.2. The van der Waals surface area contributed by atoms with Crippen LogP contribution in [0.2, 0.25) is 5.02 Å². The number of guanidine groups is 1. The van der Waals surface area contributed by atoms with Crippen LogP contribution >= 0.6 is 46.9 Å². The van der Waals surface area contributed by atoms with Crippen LogP contribution in [0.3, 0.4) is 0 Å².